The van der Waals surface area contributed by atoms with Crippen LogP contribution in [0.5, 0.6) is 0 Å². The molecule has 3 aromatic rings. The quantitative estimate of drug-likeness (QED) is 0.681. The molecular weight excluding hydrogens is 321 g/mol. The van der Waals surface area contributed by atoms with E-state index in [9.17, 15) is 14.0 Å². The fourth-order valence-corrected chi connectivity index (χ4v) is 2.79. The van der Waals surface area contributed by atoms with E-state index in [0.717, 1.165) is 11.3 Å². The molecule has 2 aromatic carbocycles. The highest BCUT2D eigenvalue weighted by atomic mass is 32.1. The topological polar surface area (TPSA) is 91.3 Å². The predicted molar refractivity (Wildman–Crippen MR) is 85.6 cm³/mol. The molecule has 1 heterocycles. The number of aromatic nitrogens is 1. The summed E-state index contributed by atoms with van der Waals surface area (Å²) in [6.45, 7) is 0. The van der Waals surface area contributed by atoms with E-state index in [1.807, 2.05) is 0 Å². The molecule has 0 aliphatic rings. The summed E-state index contributed by atoms with van der Waals surface area (Å²) in [5, 5.41) is 14.3. The van der Waals surface area contributed by atoms with Gasteiger partial charge in [-0.05, 0) is 42.5 Å². The van der Waals surface area contributed by atoms with Crippen molar-refractivity contribution in [3.8, 4) is 0 Å². The number of nitrogens with zero attached hydrogens (tertiary/aromatic N) is 1. The molecule has 23 heavy (non-hydrogen) atoms. The number of carboxylic acids is 1. The second-order valence-corrected chi connectivity index (χ2v) is 5.62. The van der Waals surface area contributed by atoms with Gasteiger partial charge in [0.05, 0.1) is 15.8 Å². The molecule has 3 N–H and O–H groups in total. The van der Waals surface area contributed by atoms with Crippen LogP contribution in [-0.2, 0) is 0 Å². The summed E-state index contributed by atoms with van der Waals surface area (Å²) in [7, 11) is 0. The SMILES string of the molecule is O=C(Nc1ccc(C(=O)O)cc1)Nc1nc2ccc(F)cc2s1. The summed E-state index contributed by atoms with van der Waals surface area (Å²) >= 11 is 1.16. The van der Waals surface area contributed by atoms with E-state index in [4.69, 9.17) is 5.11 Å². The van der Waals surface area contributed by atoms with Crippen LogP contribution in [0, 0.1) is 5.82 Å². The van der Waals surface area contributed by atoms with Gasteiger partial charge >= 0.3 is 12.0 Å². The van der Waals surface area contributed by atoms with E-state index in [1.165, 1.54) is 42.5 Å². The molecule has 0 saturated carbocycles. The smallest absolute Gasteiger partial charge is 0.335 e. The lowest BCUT2D eigenvalue weighted by atomic mass is 10.2. The van der Waals surface area contributed by atoms with Gasteiger partial charge in [-0.3, -0.25) is 5.32 Å². The van der Waals surface area contributed by atoms with Crippen molar-refractivity contribution in [3.05, 3.63) is 53.8 Å². The lowest BCUT2D eigenvalue weighted by Crippen LogP contribution is -2.19. The van der Waals surface area contributed by atoms with E-state index >= 15 is 0 Å². The number of carboxylic acid groups (broad SMARTS) is 1. The van der Waals surface area contributed by atoms with Crippen molar-refractivity contribution in [1.29, 1.82) is 0 Å². The summed E-state index contributed by atoms with van der Waals surface area (Å²) in [6.07, 6.45) is 0. The Hall–Kier alpha value is -3.00. The average molecular weight is 331 g/mol. The molecule has 0 saturated heterocycles. The van der Waals surface area contributed by atoms with Crippen molar-refractivity contribution < 1.29 is 19.1 Å². The summed E-state index contributed by atoms with van der Waals surface area (Å²) in [5.41, 5.74) is 1.17. The number of benzene rings is 2. The monoisotopic (exact) mass is 331 g/mol. The van der Waals surface area contributed by atoms with Gasteiger partial charge in [-0.15, -0.1) is 0 Å². The number of rotatable bonds is 3. The maximum Gasteiger partial charge on any atom is 0.335 e. The zero-order chi connectivity index (χ0) is 16.4. The largest absolute Gasteiger partial charge is 0.478 e. The van der Waals surface area contributed by atoms with E-state index in [0.29, 0.717) is 21.0 Å². The van der Waals surface area contributed by atoms with E-state index in [1.54, 1.807) is 0 Å². The predicted octanol–water partition coefficient (Wildman–Crippen LogP) is 3.78. The molecule has 0 unspecified atom stereocenters. The Kier molecular flexibility index (Phi) is 3.90. The summed E-state index contributed by atoms with van der Waals surface area (Å²) in [6, 6.07) is 9.41. The number of urea groups is 1. The molecule has 116 valence electrons. The van der Waals surface area contributed by atoms with Crippen LogP contribution in [0.1, 0.15) is 10.4 Å². The second kappa shape index (κ2) is 6.01. The zero-order valence-electron chi connectivity index (χ0n) is 11.5. The number of hydrogen-bond donors (Lipinski definition) is 3. The van der Waals surface area contributed by atoms with Crippen LogP contribution in [-0.4, -0.2) is 22.1 Å². The van der Waals surface area contributed by atoms with Crippen molar-refractivity contribution in [2.45, 2.75) is 0 Å². The molecule has 0 bridgehead atoms. The maximum atomic E-state index is 13.1. The molecule has 8 heteroatoms. The lowest BCUT2D eigenvalue weighted by Gasteiger charge is -2.05. The molecule has 0 radical (unpaired) electrons. The Morgan fingerprint density at radius 3 is 2.52 bits per heavy atom. The number of carbonyl (C=O) groups excluding carboxylic acids is 1. The van der Waals surface area contributed by atoms with Crippen LogP contribution in [0.4, 0.5) is 20.0 Å². The van der Waals surface area contributed by atoms with Crippen molar-refractivity contribution in [3.63, 3.8) is 0 Å². The number of hydrogen-bond acceptors (Lipinski definition) is 4. The molecule has 2 amide bonds. The number of carbonyl (C=O) groups is 2. The Bertz CT molecular complexity index is 893. The number of thiazole rings is 1. The zero-order valence-corrected chi connectivity index (χ0v) is 12.4. The normalized spacial score (nSPS) is 10.5. The number of halogens is 1. The van der Waals surface area contributed by atoms with Crippen LogP contribution in [0.15, 0.2) is 42.5 Å². The van der Waals surface area contributed by atoms with Gasteiger partial charge in [0, 0.05) is 5.69 Å². The first-order valence-electron chi connectivity index (χ1n) is 6.49. The minimum Gasteiger partial charge on any atom is -0.478 e. The standard InChI is InChI=1S/C15H10FN3O3S/c16-9-3-6-11-12(7-9)23-15(18-11)19-14(22)17-10-4-1-8(2-5-10)13(20)21/h1-7H,(H,20,21)(H2,17,18,19,22). The third-order valence-corrected chi connectivity index (χ3v) is 3.89. The van der Waals surface area contributed by atoms with Gasteiger partial charge in [0.2, 0.25) is 0 Å². The summed E-state index contributed by atoms with van der Waals surface area (Å²) in [5.74, 6) is -1.40. The van der Waals surface area contributed by atoms with Gasteiger partial charge in [-0.25, -0.2) is 19.0 Å². The molecule has 0 atom stereocenters. The first kappa shape index (κ1) is 14.9. The molecular formula is C15H10FN3O3S. The van der Waals surface area contributed by atoms with Crippen LogP contribution in [0.25, 0.3) is 10.2 Å². The Balaban J connectivity index is 1.69. The fraction of sp³-hybridized carbons (Fsp3) is 0. The highest BCUT2D eigenvalue weighted by molar-refractivity contribution is 7.22. The van der Waals surface area contributed by atoms with Gasteiger partial charge in [0.15, 0.2) is 5.13 Å². The van der Waals surface area contributed by atoms with Gasteiger partial charge in [0.1, 0.15) is 5.82 Å². The third kappa shape index (κ3) is 3.43. The first-order chi connectivity index (χ1) is 11.0. The number of anilines is 2. The van der Waals surface area contributed by atoms with Crippen molar-refractivity contribution in [2.75, 3.05) is 10.6 Å². The minimum atomic E-state index is -1.04. The van der Waals surface area contributed by atoms with Crippen LogP contribution < -0.4 is 10.6 Å². The Labute approximate surface area is 133 Å². The van der Waals surface area contributed by atoms with Crippen molar-refractivity contribution >= 4 is 44.4 Å². The molecule has 1 aromatic heterocycles. The van der Waals surface area contributed by atoms with Gasteiger partial charge in [-0.2, -0.15) is 0 Å². The van der Waals surface area contributed by atoms with E-state index in [-0.39, 0.29) is 11.4 Å². The number of amides is 2. The Morgan fingerprint density at radius 2 is 1.83 bits per heavy atom. The summed E-state index contributed by atoms with van der Waals surface area (Å²) < 4.78 is 13.8. The van der Waals surface area contributed by atoms with Gasteiger partial charge in [0.25, 0.3) is 0 Å². The van der Waals surface area contributed by atoms with E-state index < -0.39 is 12.0 Å². The first-order valence-corrected chi connectivity index (χ1v) is 7.30. The minimum absolute atomic E-state index is 0.129. The van der Waals surface area contributed by atoms with Gasteiger partial charge < -0.3 is 10.4 Å². The number of aromatic carboxylic acids is 1. The van der Waals surface area contributed by atoms with Crippen molar-refractivity contribution in [1.82, 2.24) is 4.98 Å². The van der Waals surface area contributed by atoms with E-state index in [2.05, 4.69) is 15.6 Å². The lowest BCUT2D eigenvalue weighted by molar-refractivity contribution is 0.0697. The third-order valence-electron chi connectivity index (χ3n) is 2.96. The second-order valence-electron chi connectivity index (χ2n) is 4.59. The highest BCUT2D eigenvalue weighted by Crippen LogP contribution is 2.26. The van der Waals surface area contributed by atoms with Crippen molar-refractivity contribution in [2.24, 2.45) is 0 Å². The molecule has 3 rings (SSSR count). The summed E-state index contributed by atoms with van der Waals surface area (Å²) in [4.78, 5) is 26.8. The van der Waals surface area contributed by atoms with Gasteiger partial charge in [-0.1, -0.05) is 11.3 Å². The molecule has 0 spiro atoms. The number of nitrogens with one attached hydrogen (secondary N) is 2. The number of fused-ring (bicyclic) bond motifs is 1. The average Bonchev–Trinajstić information content (AvgIpc) is 2.88. The van der Waals surface area contributed by atoms with Crippen LogP contribution >= 0.6 is 11.3 Å². The van der Waals surface area contributed by atoms with Crippen LogP contribution in [0.3, 0.4) is 0 Å². The molecule has 0 aliphatic heterocycles. The maximum absolute atomic E-state index is 13.1. The highest BCUT2D eigenvalue weighted by Gasteiger charge is 2.09. The van der Waals surface area contributed by atoms with Crippen LogP contribution in [0.2, 0.25) is 0 Å². The molecule has 0 aliphatic carbocycles. The molecule has 6 nitrogen and oxygen atoms in total. The Morgan fingerprint density at radius 1 is 1.09 bits per heavy atom. The fourth-order valence-electron chi connectivity index (χ4n) is 1.91. The molecule has 0 fully saturated rings.